The van der Waals surface area contributed by atoms with Gasteiger partial charge in [-0.05, 0) is 46.2 Å². The topological polar surface area (TPSA) is 61.5 Å². The van der Waals surface area contributed by atoms with E-state index in [2.05, 4.69) is 19.6 Å². The summed E-state index contributed by atoms with van der Waals surface area (Å²) in [5, 5.41) is 0. The molecule has 0 aromatic carbocycles. The Balaban J connectivity index is 4.34. The molecule has 0 heterocycles. The molecule has 4 nitrogen and oxygen atoms in total. The number of carbonyl (C=O) groups excluding carboxylic acids is 1. The van der Waals surface area contributed by atoms with E-state index in [4.69, 9.17) is 14.6 Å². The van der Waals surface area contributed by atoms with Crippen molar-refractivity contribution in [3.05, 3.63) is 0 Å². The Morgan fingerprint density at radius 1 is 1.06 bits per heavy atom. The lowest BCUT2D eigenvalue weighted by molar-refractivity contribution is -0.138. The van der Waals surface area contributed by atoms with E-state index in [9.17, 15) is 4.79 Å². The van der Waals surface area contributed by atoms with E-state index < -0.39 is 22.7 Å². The summed E-state index contributed by atoms with van der Waals surface area (Å²) in [5.74, 6) is -0.343. The lowest BCUT2D eigenvalue weighted by Gasteiger charge is -2.28. The Morgan fingerprint density at radius 2 is 1.50 bits per heavy atom. The Morgan fingerprint density at radius 3 is 1.81 bits per heavy atom. The second-order valence-corrected chi connectivity index (χ2v) is 14.9. The number of nitrogens with two attached hydrogens (primary N) is 1. The van der Waals surface area contributed by atoms with Crippen LogP contribution < -0.4 is 5.73 Å². The van der Waals surface area contributed by atoms with Gasteiger partial charge in [-0.3, -0.25) is 4.79 Å². The predicted octanol–water partition coefficient (Wildman–Crippen LogP) is 1.93. The fraction of sp³-hybridized carbons (Fsp3) is 0.900. The zero-order valence-corrected chi connectivity index (χ0v) is 13.5. The molecule has 0 amide bonds. The molecule has 0 aliphatic heterocycles. The van der Waals surface area contributed by atoms with Gasteiger partial charge in [0.25, 0.3) is 0 Å². The van der Waals surface area contributed by atoms with Crippen molar-refractivity contribution in [2.24, 2.45) is 5.73 Å². The van der Waals surface area contributed by atoms with Crippen LogP contribution in [0.2, 0.25) is 39.3 Å². The fourth-order valence-electron chi connectivity index (χ4n) is 1.19. The first kappa shape index (κ1) is 15.8. The Kier molecular flexibility index (Phi) is 5.38. The summed E-state index contributed by atoms with van der Waals surface area (Å²) in [6.45, 7) is 13.9. The van der Waals surface area contributed by atoms with Crippen LogP contribution in [0.15, 0.2) is 0 Å². The Bertz CT molecular complexity index is 245. The highest BCUT2D eigenvalue weighted by atomic mass is 28.4. The summed E-state index contributed by atoms with van der Waals surface area (Å²) < 4.78 is 11.1. The minimum absolute atomic E-state index is 0.282. The maximum absolute atomic E-state index is 11.7. The molecule has 0 rings (SSSR count). The first-order chi connectivity index (χ1) is 6.92. The highest BCUT2D eigenvalue weighted by Crippen LogP contribution is 2.12. The SMILES string of the molecule is CC(O[Si](C)(C)C)C(N)C(=O)O[Si](C)(C)C. The molecule has 0 spiro atoms. The van der Waals surface area contributed by atoms with Gasteiger partial charge in [-0.1, -0.05) is 0 Å². The minimum atomic E-state index is -1.86. The molecule has 0 aliphatic rings. The van der Waals surface area contributed by atoms with Gasteiger partial charge in [0.15, 0.2) is 8.32 Å². The molecule has 0 aromatic heterocycles. The molecule has 0 saturated carbocycles. The summed E-state index contributed by atoms with van der Waals surface area (Å²) >= 11 is 0. The molecule has 2 N–H and O–H groups in total. The fourth-order valence-corrected chi connectivity index (χ4v) is 3.19. The average Bonchev–Trinajstić information content (AvgIpc) is 1.96. The molecular formula is C10H25NO3Si2. The van der Waals surface area contributed by atoms with Crippen LogP contribution in [0.5, 0.6) is 0 Å². The van der Waals surface area contributed by atoms with Crippen molar-refractivity contribution in [1.82, 2.24) is 0 Å². The van der Waals surface area contributed by atoms with Gasteiger partial charge in [-0.15, -0.1) is 0 Å². The van der Waals surface area contributed by atoms with E-state index in [1.54, 1.807) is 0 Å². The van der Waals surface area contributed by atoms with Gasteiger partial charge in [0.2, 0.25) is 8.32 Å². The molecule has 2 unspecified atom stereocenters. The normalized spacial score (nSPS) is 16.8. The number of rotatable bonds is 5. The van der Waals surface area contributed by atoms with Crippen molar-refractivity contribution in [1.29, 1.82) is 0 Å². The summed E-state index contributed by atoms with van der Waals surface area (Å²) in [6.07, 6.45) is -0.282. The summed E-state index contributed by atoms with van der Waals surface area (Å²) in [6, 6.07) is -0.682. The Hall–Kier alpha value is -0.176. The molecule has 0 bridgehead atoms. The molecule has 0 aliphatic carbocycles. The van der Waals surface area contributed by atoms with Crippen LogP contribution in [-0.4, -0.2) is 34.7 Å². The first-order valence-electron chi connectivity index (χ1n) is 5.58. The number of hydrogen-bond acceptors (Lipinski definition) is 4. The van der Waals surface area contributed by atoms with Gasteiger partial charge in [0, 0.05) is 0 Å². The van der Waals surface area contributed by atoms with Crippen molar-refractivity contribution in [2.75, 3.05) is 0 Å². The smallest absolute Gasteiger partial charge is 0.312 e. The second kappa shape index (κ2) is 5.44. The molecule has 2 atom stereocenters. The van der Waals surface area contributed by atoms with Gasteiger partial charge < -0.3 is 14.6 Å². The van der Waals surface area contributed by atoms with Crippen LogP contribution in [0.3, 0.4) is 0 Å². The quantitative estimate of drug-likeness (QED) is 0.770. The molecule has 0 aromatic rings. The van der Waals surface area contributed by atoms with Crippen LogP contribution in [0.4, 0.5) is 0 Å². The molecule has 16 heavy (non-hydrogen) atoms. The molecule has 0 saturated heterocycles. The molecule has 6 heteroatoms. The lowest BCUT2D eigenvalue weighted by atomic mass is 10.2. The minimum Gasteiger partial charge on any atom is -0.519 e. The third-order valence-corrected chi connectivity index (χ3v) is 3.62. The van der Waals surface area contributed by atoms with Gasteiger partial charge in [0.05, 0.1) is 6.10 Å². The van der Waals surface area contributed by atoms with Gasteiger partial charge in [-0.2, -0.15) is 0 Å². The predicted molar refractivity (Wildman–Crippen MR) is 71.3 cm³/mol. The maximum Gasteiger partial charge on any atom is 0.312 e. The molecular weight excluding hydrogens is 238 g/mol. The maximum atomic E-state index is 11.7. The van der Waals surface area contributed by atoms with Gasteiger partial charge in [0.1, 0.15) is 6.04 Å². The van der Waals surface area contributed by atoms with Gasteiger partial charge >= 0.3 is 5.97 Å². The van der Waals surface area contributed by atoms with E-state index >= 15 is 0 Å². The largest absolute Gasteiger partial charge is 0.519 e. The van der Waals surface area contributed by atoms with E-state index in [-0.39, 0.29) is 12.1 Å². The van der Waals surface area contributed by atoms with Crippen LogP contribution in [0.1, 0.15) is 6.92 Å². The highest BCUT2D eigenvalue weighted by Gasteiger charge is 2.30. The first-order valence-corrected chi connectivity index (χ1v) is 12.4. The standard InChI is InChI=1S/C10H25NO3Si2/c1-8(13-15(2,3)4)9(11)10(12)14-16(5,6)7/h8-9H,11H2,1-7H3. The third kappa shape index (κ3) is 7.16. The van der Waals surface area contributed by atoms with Crippen LogP contribution in [0.25, 0.3) is 0 Å². The van der Waals surface area contributed by atoms with Crippen molar-refractivity contribution in [3.8, 4) is 0 Å². The van der Waals surface area contributed by atoms with Crippen molar-refractivity contribution in [3.63, 3.8) is 0 Å². The van der Waals surface area contributed by atoms with E-state index in [1.165, 1.54) is 0 Å². The van der Waals surface area contributed by atoms with Gasteiger partial charge in [-0.25, -0.2) is 0 Å². The average molecular weight is 263 g/mol. The zero-order chi connectivity index (χ0) is 13.1. The summed E-state index contributed by atoms with van der Waals surface area (Å²) in [5.41, 5.74) is 5.82. The number of hydrogen-bond donors (Lipinski definition) is 1. The van der Waals surface area contributed by atoms with Crippen LogP contribution in [-0.2, 0) is 13.6 Å². The highest BCUT2D eigenvalue weighted by molar-refractivity contribution is 6.71. The van der Waals surface area contributed by atoms with Crippen LogP contribution >= 0.6 is 0 Å². The van der Waals surface area contributed by atoms with E-state index in [1.807, 2.05) is 26.6 Å². The Labute approximate surface area is 101 Å². The lowest BCUT2D eigenvalue weighted by Crippen LogP contribution is -2.49. The summed E-state index contributed by atoms with van der Waals surface area (Å²) in [7, 11) is -3.53. The second-order valence-electron chi connectivity index (χ2n) is 5.99. The van der Waals surface area contributed by atoms with Crippen molar-refractivity contribution < 1.29 is 13.6 Å². The van der Waals surface area contributed by atoms with E-state index in [0.29, 0.717) is 0 Å². The van der Waals surface area contributed by atoms with Crippen molar-refractivity contribution >= 4 is 22.6 Å². The van der Waals surface area contributed by atoms with Crippen molar-refractivity contribution in [2.45, 2.75) is 58.4 Å². The molecule has 0 radical (unpaired) electrons. The zero-order valence-electron chi connectivity index (χ0n) is 11.5. The van der Waals surface area contributed by atoms with Crippen LogP contribution in [0, 0.1) is 0 Å². The molecule has 96 valence electrons. The number of carbonyl (C=O) groups is 1. The monoisotopic (exact) mass is 263 g/mol. The molecule has 0 fully saturated rings. The van der Waals surface area contributed by atoms with E-state index in [0.717, 1.165) is 0 Å². The summed E-state index contributed by atoms with van der Waals surface area (Å²) in [4.78, 5) is 11.7. The third-order valence-electron chi connectivity index (χ3n) is 1.72.